The molecule has 0 fully saturated rings. The van der Waals surface area contributed by atoms with Crippen molar-refractivity contribution in [1.29, 1.82) is 0 Å². The van der Waals surface area contributed by atoms with Gasteiger partial charge in [0.05, 0.1) is 24.0 Å². The van der Waals surface area contributed by atoms with Crippen LogP contribution in [0.2, 0.25) is 0 Å². The molecule has 0 bridgehead atoms. The van der Waals surface area contributed by atoms with E-state index in [1.165, 1.54) is 6.26 Å². The fourth-order valence-electron chi connectivity index (χ4n) is 1.75. The third-order valence-corrected chi connectivity index (χ3v) is 2.60. The molecule has 5 heteroatoms. The van der Waals surface area contributed by atoms with E-state index in [9.17, 15) is 5.11 Å². The lowest BCUT2D eigenvalue weighted by Crippen LogP contribution is -2.35. The number of nitrogens with two attached hydrogens (primary N) is 1. The zero-order chi connectivity index (χ0) is 11.4. The smallest absolute Gasteiger partial charge is 0.114 e. The SMILES string of the molecule is NO/C=C(\CO)C1CNc2ccccc2N1. The van der Waals surface area contributed by atoms with Crippen molar-refractivity contribution in [2.24, 2.45) is 5.90 Å². The predicted molar refractivity (Wildman–Crippen MR) is 62.8 cm³/mol. The van der Waals surface area contributed by atoms with Gasteiger partial charge in [-0.1, -0.05) is 12.1 Å². The molecule has 16 heavy (non-hydrogen) atoms. The molecule has 1 aromatic carbocycles. The van der Waals surface area contributed by atoms with Crippen LogP contribution in [0.4, 0.5) is 11.4 Å². The number of benzene rings is 1. The van der Waals surface area contributed by atoms with E-state index < -0.39 is 0 Å². The predicted octanol–water partition coefficient (Wildman–Crippen LogP) is 0.659. The Morgan fingerprint density at radius 3 is 2.94 bits per heavy atom. The van der Waals surface area contributed by atoms with Crippen LogP contribution in [0.1, 0.15) is 0 Å². The summed E-state index contributed by atoms with van der Waals surface area (Å²) in [7, 11) is 0. The van der Waals surface area contributed by atoms with Crippen LogP contribution >= 0.6 is 0 Å². The molecule has 1 aliphatic heterocycles. The number of fused-ring (bicyclic) bond motifs is 1. The van der Waals surface area contributed by atoms with Crippen molar-refractivity contribution in [2.45, 2.75) is 6.04 Å². The van der Waals surface area contributed by atoms with E-state index in [4.69, 9.17) is 5.90 Å². The molecule has 1 aliphatic rings. The number of hydrogen-bond donors (Lipinski definition) is 4. The third-order valence-electron chi connectivity index (χ3n) is 2.60. The van der Waals surface area contributed by atoms with E-state index in [0.29, 0.717) is 12.1 Å². The fourth-order valence-corrected chi connectivity index (χ4v) is 1.75. The van der Waals surface area contributed by atoms with Crippen molar-refractivity contribution in [3.8, 4) is 0 Å². The van der Waals surface area contributed by atoms with Gasteiger partial charge in [0.25, 0.3) is 0 Å². The van der Waals surface area contributed by atoms with Crippen LogP contribution in [0.15, 0.2) is 36.1 Å². The number of anilines is 2. The van der Waals surface area contributed by atoms with E-state index in [1.807, 2.05) is 24.3 Å². The first-order valence-corrected chi connectivity index (χ1v) is 5.10. The maximum absolute atomic E-state index is 9.19. The fraction of sp³-hybridized carbons (Fsp3) is 0.273. The molecule has 1 heterocycles. The first-order valence-electron chi connectivity index (χ1n) is 5.10. The van der Waals surface area contributed by atoms with Crippen LogP contribution in [0.25, 0.3) is 0 Å². The van der Waals surface area contributed by atoms with Crippen LogP contribution in [0.5, 0.6) is 0 Å². The molecule has 5 nitrogen and oxygen atoms in total. The summed E-state index contributed by atoms with van der Waals surface area (Å²) in [6.45, 7) is 0.603. The van der Waals surface area contributed by atoms with E-state index in [0.717, 1.165) is 11.4 Å². The zero-order valence-corrected chi connectivity index (χ0v) is 8.81. The van der Waals surface area contributed by atoms with E-state index in [1.54, 1.807) is 0 Å². The van der Waals surface area contributed by atoms with Crippen molar-refractivity contribution in [3.63, 3.8) is 0 Å². The third kappa shape index (κ3) is 2.10. The lowest BCUT2D eigenvalue weighted by Gasteiger charge is -2.29. The monoisotopic (exact) mass is 221 g/mol. The largest absolute Gasteiger partial charge is 0.419 e. The van der Waals surface area contributed by atoms with E-state index in [-0.39, 0.29) is 12.6 Å². The summed E-state index contributed by atoms with van der Waals surface area (Å²) in [4.78, 5) is 4.45. The average molecular weight is 221 g/mol. The van der Waals surface area contributed by atoms with Gasteiger partial charge in [-0.25, -0.2) is 0 Å². The molecule has 0 radical (unpaired) electrons. The Balaban J connectivity index is 2.16. The van der Waals surface area contributed by atoms with Crippen molar-refractivity contribution in [3.05, 3.63) is 36.1 Å². The molecule has 0 saturated carbocycles. The van der Waals surface area contributed by atoms with E-state index in [2.05, 4.69) is 15.5 Å². The molecule has 0 saturated heterocycles. The van der Waals surface area contributed by atoms with Crippen LogP contribution in [0.3, 0.4) is 0 Å². The molecule has 0 amide bonds. The van der Waals surface area contributed by atoms with Gasteiger partial charge in [-0.15, -0.1) is 0 Å². The zero-order valence-electron chi connectivity index (χ0n) is 8.81. The summed E-state index contributed by atoms with van der Waals surface area (Å²) >= 11 is 0. The minimum Gasteiger partial charge on any atom is -0.419 e. The molecule has 2 rings (SSSR count). The van der Waals surface area contributed by atoms with Crippen LogP contribution in [-0.2, 0) is 4.84 Å². The number of para-hydroxylation sites is 2. The molecule has 1 atom stereocenters. The Hall–Kier alpha value is -1.72. The number of nitrogens with one attached hydrogen (secondary N) is 2. The van der Waals surface area contributed by atoms with E-state index >= 15 is 0 Å². The quantitative estimate of drug-likeness (QED) is 0.445. The molecular formula is C11H15N3O2. The average Bonchev–Trinajstić information content (AvgIpc) is 2.35. The van der Waals surface area contributed by atoms with Crippen molar-refractivity contribution in [1.82, 2.24) is 0 Å². The molecule has 0 aliphatic carbocycles. The van der Waals surface area contributed by atoms with Crippen molar-refractivity contribution < 1.29 is 9.94 Å². The second kappa shape index (κ2) is 4.87. The highest BCUT2D eigenvalue weighted by atomic mass is 16.6. The topological polar surface area (TPSA) is 79.5 Å². The van der Waals surface area contributed by atoms with Crippen LogP contribution in [0, 0.1) is 0 Å². The van der Waals surface area contributed by atoms with Crippen molar-refractivity contribution >= 4 is 11.4 Å². The number of hydrogen-bond acceptors (Lipinski definition) is 5. The maximum atomic E-state index is 9.19. The summed E-state index contributed by atoms with van der Waals surface area (Å²) in [5.41, 5.74) is 2.78. The molecular weight excluding hydrogens is 206 g/mol. The second-order valence-electron chi connectivity index (χ2n) is 3.61. The Kier molecular flexibility index (Phi) is 3.28. The number of aliphatic hydroxyl groups is 1. The molecule has 1 aromatic rings. The molecule has 0 spiro atoms. The standard InChI is InChI=1S/C11H15N3O2/c12-16-7-8(6-15)11-5-13-9-3-1-2-4-10(9)14-11/h1-4,7,11,13-15H,5-6,12H2/b8-7+. The molecule has 5 N–H and O–H groups in total. The summed E-state index contributed by atoms with van der Waals surface area (Å²) in [5.74, 6) is 4.97. The number of rotatable bonds is 3. The first kappa shape index (κ1) is 10.8. The minimum atomic E-state index is -0.0846. The molecule has 0 aromatic heterocycles. The summed E-state index contributed by atoms with van der Waals surface area (Å²) in [6.07, 6.45) is 1.37. The Morgan fingerprint density at radius 2 is 2.25 bits per heavy atom. The first-order chi connectivity index (χ1) is 7.85. The lowest BCUT2D eigenvalue weighted by molar-refractivity contribution is 0.245. The Labute approximate surface area is 93.9 Å². The van der Waals surface area contributed by atoms with Gasteiger partial charge < -0.3 is 20.6 Å². The van der Waals surface area contributed by atoms with Crippen molar-refractivity contribution in [2.75, 3.05) is 23.8 Å². The van der Waals surface area contributed by atoms with Crippen LogP contribution in [-0.4, -0.2) is 24.3 Å². The van der Waals surface area contributed by atoms with Gasteiger partial charge in [-0.2, -0.15) is 5.90 Å². The normalized spacial score (nSPS) is 19.4. The van der Waals surface area contributed by atoms with Gasteiger partial charge >= 0.3 is 0 Å². The second-order valence-corrected chi connectivity index (χ2v) is 3.61. The summed E-state index contributed by atoms with van der Waals surface area (Å²) in [5, 5.41) is 15.8. The highest BCUT2D eigenvalue weighted by Crippen LogP contribution is 2.26. The molecule has 86 valence electrons. The highest BCUT2D eigenvalue weighted by Gasteiger charge is 2.20. The van der Waals surface area contributed by atoms with Gasteiger partial charge in [0.1, 0.15) is 6.26 Å². The van der Waals surface area contributed by atoms with Gasteiger partial charge in [-0.3, -0.25) is 0 Å². The molecule has 1 unspecified atom stereocenters. The maximum Gasteiger partial charge on any atom is 0.114 e. The minimum absolute atomic E-state index is 0.0107. The summed E-state index contributed by atoms with van der Waals surface area (Å²) in [6, 6.07) is 7.90. The lowest BCUT2D eigenvalue weighted by atomic mass is 10.1. The van der Waals surface area contributed by atoms with Crippen LogP contribution < -0.4 is 16.5 Å². The highest BCUT2D eigenvalue weighted by molar-refractivity contribution is 5.71. The Bertz CT molecular complexity index is 393. The van der Waals surface area contributed by atoms with Gasteiger partial charge in [0.2, 0.25) is 0 Å². The van der Waals surface area contributed by atoms with Gasteiger partial charge in [0.15, 0.2) is 0 Å². The van der Waals surface area contributed by atoms with Gasteiger partial charge in [-0.05, 0) is 12.1 Å². The number of aliphatic hydroxyl groups excluding tert-OH is 1. The van der Waals surface area contributed by atoms with Gasteiger partial charge in [0, 0.05) is 12.1 Å². The summed E-state index contributed by atoms with van der Waals surface area (Å²) < 4.78 is 0. The Morgan fingerprint density at radius 1 is 1.50 bits per heavy atom.